The molecule has 1 unspecified atom stereocenters. The molecule has 0 bridgehead atoms. The van der Waals surface area contributed by atoms with Crippen LogP contribution in [0.25, 0.3) is 0 Å². The van der Waals surface area contributed by atoms with Crippen molar-refractivity contribution in [2.24, 2.45) is 5.92 Å². The number of likely N-dealkylation sites (tertiary alicyclic amines) is 1. The van der Waals surface area contributed by atoms with E-state index in [1.165, 1.54) is 6.42 Å². The number of sulfone groups is 1. The summed E-state index contributed by atoms with van der Waals surface area (Å²) in [5.74, 6) is 0.959. The Hall–Kier alpha value is -0.130. The van der Waals surface area contributed by atoms with Crippen LogP contribution in [0.1, 0.15) is 27.2 Å². The minimum Gasteiger partial charge on any atom is -0.319 e. The molecule has 0 saturated carbocycles. The molecule has 0 radical (unpaired) electrons. The Bertz CT molecular complexity index is 333. The summed E-state index contributed by atoms with van der Waals surface area (Å²) in [5, 5.41) is 3.18. The third kappa shape index (κ3) is 4.23. The van der Waals surface area contributed by atoms with Gasteiger partial charge in [-0.3, -0.25) is 0 Å². The van der Waals surface area contributed by atoms with E-state index in [-0.39, 0.29) is 5.75 Å². The van der Waals surface area contributed by atoms with Crippen molar-refractivity contribution >= 4 is 9.84 Å². The summed E-state index contributed by atoms with van der Waals surface area (Å²) >= 11 is 0. The molecule has 0 spiro atoms. The maximum atomic E-state index is 12.0. The van der Waals surface area contributed by atoms with Gasteiger partial charge in [0.2, 0.25) is 0 Å². The Balaban J connectivity index is 2.38. The van der Waals surface area contributed by atoms with Gasteiger partial charge in [0.25, 0.3) is 0 Å². The quantitative estimate of drug-likeness (QED) is 0.794. The van der Waals surface area contributed by atoms with E-state index >= 15 is 0 Å². The third-order valence-electron chi connectivity index (χ3n) is 3.47. The van der Waals surface area contributed by atoms with Gasteiger partial charge in [-0.2, -0.15) is 0 Å². The zero-order valence-electron chi connectivity index (χ0n) is 11.5. The highest BCUT2D eigenvalue weighted by atomic mass is 32.2. The maximum absolute atomic E-state index is 12.0. The van der Waals surface area contributed by atoms with Gasteiger partial charge < -0.3 is 10.2 Å². The molecule has 1 rings (SSSR count). The monoisotopic (exact) mass is 262 g/mol. The van der Waals surface area contributed by atoms with Gasteiger partial charge in [-0.15, -0.1) is 0 Å². The van der Waals surface area contributed by atoms with Crippen LogP contribution < -0.4 is 5.32 Å². The van der Waals surface area contributed by atoms with Crippen LogP contribution in [-0.4, -0.2) is 57.0 Å². The molecule has 0 amide bonds. The Morgan fingerprint density at radius 1 is 1.35 bits per heavy atom. The van der Waals surface area contributed by atoms with Crippen LogP contribution in [0.2, 0.25) is 0 Å². The predicted octanol–water partition coefficient (Wildman–Crippen LogP) is 0.741. The molecule has 0 aromatic rings. The largest absolute Gasteiger partial charge is 0.319 e. The van der Waals surface area contributed by atoms with Crippen molar-refractivity contribution in [1.29, 1.82) is 0 Å². The van der Waals surface area contributed by atoms with E-state index in [2.05, 4.69) is 10.2 Å². The molecule has 1 atom stereocenters. The number of hydrogen-bond acceptors (Lipinski definition) is 4. The first-order chi connectivity index (χ1) is 7.76. The molecule has 0 aromatic carbocycles. The van der Waals surface area contributed by atoms with E-state index in [4.69, 9.17) is 0 Å². The fourth-order valence-electron chi connectivity index (χ4n) is 2.13. The first-order valence-electron chi connectivity index (χ1n) is 6.35. The summed E-state index contributed by atoms with van der Waals surface area (Å²) in [6.45, 7) is 9.09. The first kappa shape index (κ1) is 14.9. The van der Waals surface area contributed by atoms with Crippen molar-refractivity contribution in [3.05, 3.63) is 0 Å². The van der Waals surface area contributed by atoms with Gasteiger partial charge in [0.15, 0.2) is 9.84 Å². The second-order valence-electron chi connectivity index (χ2n) is 5.94. The average molecular weight is 262 g/mol. The van der Waals surface area contributed by atoms with Gasteiger partial charge in [-0.1, -0.05) is 0 Å². The lowest BCUT2D eigenvalue weighted by Gasteiger charge is -2.22. The minimum atomic E-state index is -2.97. The van der Waals surface area contributed by atoms with E-state index in [1.54, 1.807) is 20.8 Å². The number of hydrogen-bond donors (Lipinski definition) is 1. The molecule has 0 aliphatic carbocycles. The SMILES string of the molecule is CNCC1CCN(CCS(=O)(=O)C(C)(C)C)C1. The molecule has 1 saturated heterocycles. The molecule has 4 nitrogen and oxygen atoms in total. The Kier molecular flexibility index (Phi) is 4.98. The highest BCUT2D eigenvalue weighted by molar-refractivity contribution is 7.92. The van der Waals surface area contributed by atoms with Crippen LogP contribution in [0.5, 0.6) is 0 Å². The van der Waals surface area contributed by atoms with Gasteiger partial charge in [0.1, 0.15) is 0 Å². The van der Waals surface area contributed by atoms with Crippen molar-refractivity contribution in [3.8, 4) is 0 Å². The van der Waals surface area contributed by atoms with Crippen molar-refractivity contribution in [1.82, 2.24) is 10.2 Å². The van der Waals surface area contributed by atoms with Crippen molar-refractivity contribution in [2.75, 3.05) is 39.0 Å². The second kappa shape index (κ2) is 5.67. The van der Waals surface area contributed by atoms with E-state index in [0.29, 0.717) is 12.5 Å². The van der Waals surface area contributed by atoms with Crippen molar-refractivity contribution < 1.29 is 8.42 Å². The summed E-state index contributed by atoms with van der Waals surface area (Å²) in [5.41, 5.74) is 0. The lowest BCUT2D eigenvalue weighted by atomic mass is 10.1. The van der Waals surface area contributed by atoms with Crippen LogP contribution in [0.3, 0.4) is 0 Å². The Morgan fingerprint density at radius 2 is 2.00 bits per heavy atom. The molecule has 102 valence electrons. The van der Waals surface area contributed by atoms with Gasteiger partial charge in [-0.05, 0) is 53.2 Å². The molecule has 17 heavy (non-hydrogen) atoms. The summed E-state index contributed by atoms with van der Waals surface area (Å²) in [6.07, 6.45) is 1.18. The summed E-state index contributed by atoms with van der Waals surface area (Å²) < 4.78 is 23.3. The molecule has 1 aliphatic heterocycles. The fraction of sp³-hybridized carbons (Fsp3) is 1.00. The molecule has 1 fully saturated rings. The molecule has 5 heteroatoms. The van der Waals surface area contributed by atoms with Gasteiger partial charge in [0, 0.05) is 13.1 Å². The lowest BCUT2D eigenvalue weighted by molar-refractivity contribution is 0.340. The molecular formula is C12H26N2O2S. The fourth-order valence-corrected chi connectivity index (χ4v) is 3.24. The van der Waals surface area contributed by atoms with Crippen LogP contribution >= 0.6 is 0 Å². The first-order valence-corrected chi connectivity index (χ1v) is 8.01. The van der Waals surface area contributed by atoms with Crippen LogP contribution in [0.4, 0.5) is 0 Å². The number of rotatable bonds is 5. The van der Waals surface area contributed by atoms with Gasteiger partial charge in [-0.25, -0.2) is 8.42 Å². The highest BCUT2D eigenvalue weighted by Crippen LogP contribution is 2.19. The zero-order valence-corrected chi connectivity index (χ0v) is 12.3. The highest BCUT2D eigenvalue weighted by Gasteiger charge is 2.30. The lowest BCUT2D eigenvalue weighted by Crippen LogP contribution is -2.36. The van der Waals surface area contributed by atoms with E-state index in [1.807, 2.05) is 7.05 Å². The summed E-state index contributed by atoms with van der Waals surface area (Å²) in [7, 11) is -1.01. The van der Waals surface area contributed by atoms with E-state index in [0.717, 1.165) is 19.6 Å². The summed E-state index contributed by atoms with van der Waals surface area (Å²) in [4.78, 5) is 2.27. The molecular weight excluding hydrogens is 236 g/mol. The second-order valence-corrected chi connectivity index (χ2v) is 8.81. The molecule has 0 aromatic heterocycles. The zero-order chi connectivity index (χ0) is 13.1. The average Bonchev–Trinajstić information content (AvgIpc) is 2.62. The van der Waals surface area contributed by atoms with Crippen LogP contribution in [-0.2, 0) is 9.84 Å². The topological polar surface area (TPSA) is 49.4 Å². The van der Waals surface area contributed by atoms with E-state index in [9.17, 15) is 8.42 Å². The van der Waals surface area contributed by atoms with Gasteiger partial charge in [0.05, 0.1) is 10.5 Å². The number of nitrogens with zero attached hydrogens (tertiary/aromatic N) is 1. The van der Waals surface area contributed by atoms with Crippen molar-refractivity contribution in [2.45, 2.75) is 31.9 Å². The maximum Gasteiger partial charge on any atom is 0.156 e. The van der Waals surface area contributed by atoms with Crippen molar-refractivity contribution in [3.63, 3.8) is 0 Å². The normalized spacial score (nSPS) is 23.2. The molecule has 1 N–H and O–H groups in total. The molecule has 1 heterocycles. The van der Waals surface area contributed by atoms with Crippen LogP contribution in [0, 0.1) is 5.92 Å². The van der Waals surface area contributed by atoms with E-state index < -0.39 is 14.6 Å². The van der Waals surface area contributed by atoms with Gasteiger partial charge >= 0.3 is 0 Å². The predicted molar refractivity (Wildman–Crippen MR) is 72.0 cm³/mol. The number of nitrogens with one attached hydrogen (secondary N) is 1. The molecule has 1 aliphatic rings. The van der Waals surface area contributed by atoms with Crippen LogP contribution in [0.15, 0.2) is 0 Å². The Labute approximate surface area is 106 Å². The Morgan fingerprint density at radius 3 is 2.53 bits per heavy atom. The standard InChI is InChI=1S/C12H26N2O2S/c1-12(2,3)17(15,16)8-7-14-6-5-11(10-14)9-13-4/h11,13H,5-10H2,1-4H3. The summed E-state index contributed by atoms with van der Waals surface area (Å²) in [6, 6.07) is 0. The smallest absolute Gasteiger partial charge is 0.156 e. The minimum absolute atomic E-state index is 0.281. The third-order valence-corrected chi connectivity index (χ3v) is 6.06.